The summed E-state index contributed by atoms with van der Waals surface area (Å²) in [6.45, 7) is 0. The molecule has 1 unspecified atom stereocenters. The Labute approximate surface area is 58.4 Å². The largest absolute Gasteiger partial charge is 0.303 e. The second kappa shape index (κ2) is 2.64. The standard InChI is InChI=1S/C7H10F2O/c8-7(9)3-1-2-6(4-7)5-10/h5-6H,1-4H2. The summed E-state index contributed by atoms with van der Waals surface area (Å²) in [5, 5.41) is 0. The molecule has 0 heterocycles. The predicted molar refractivity (Wildman–Crippen MR) is 33.0 cm³/mol. The molecule has 1 nitrogen and oxygen atoms in total. The zero-order valence-corrected chi connectivity index (χ0v) is 5.65. The van der Waals surface area contributed by atoms with E-state index in [1.165, 1.54) is 0 Å². The molecule has 1 saturated carbocycles. The third-order valence-corrected chi connectivity index (χ3v) is 1.87. The van der Waals surface area contributed by atoms with E-state index in [1.807, 2.05) is 0 Å². The molecule has 1 aliphatic rings. The van der Waals surface area contributed by atoms with Crippen molar-refractivity contribution in [2.45, 2.75) is 31.6 Å². The van der Waals surface area contributed by atoms with E-state index in [-0.39, 0.29) is 12.8 Å². The number of halogens is 2. The molecule has 0 N–H and O–H groups in total. The summed E-state index contributed by atoms with van der Waals surface area (Å²) in [5.74, 6) is -2.98. The number of carbonyl (C=O) groups is 1. The summed E-state index contributed by atoms with van der Waals surface area (Å²) in [6, 6.07) is 0. The average Bonchev–Trinajstić information content (AvgIpc) is 1.86. The Balaban J connectivity index is 2.47. The molecule has 0 aromatic carbocycles. The van der Waals surface area contributed by atoms with Gasteiger partial charge in [-0.3, -0.25) is 0 Å². The highest BCUT2D eigenvalue weighted by atomic mass is 19.3. The van der Waals surface area contributed by atoms with Crippen LogP contribution in [-0.2, 0) is 4.79 Å². The molecule has 0 saturated heterocycles. The van der Waals surface area contributed by atoms with Gasteiger partial charge in [-0.1, -0.05) is 0 Å². The first-order valence-electron chi connectivity index (χ1n) is 3.47. The first-order valence-corrected chi connectivity index (χ1v) is 3.47. The lowest BCUT2D eigenvalue weighted by atomic mass is 9.88. The zero-order valence-electron chi connectivity index (χ0n) is 5.65. The lowest BCUT2D eigenvalue weighted by Crippen LogP contribution is -2.26. The van der Waals surface area contributed by atoms with Crippen LogP contribution in [0, 0.1) is 5.92 Å². The summed E-state index contributed by atoms with van der Waals surface area (Å²) in [6.07, 6.45) is 1.48. The Morgan fingerprint density at radius 1 is 1.50 bits per heavy atom. The minimum atomic E-state index is -2.58. The topological polar surface area (TPSA) is 17.1 Å². The van der Waals surface area contributed by atoms with Crippen LogP contribution >= 0.6 is 0 Å². The molecule has 0 radical (unpaired) electrons. The van der Waals surface area contributed by atoms with E-state index in [0.717, 1.165) is 0 Å². The Morgan fingerprint density at radius 2 is 2.20 bits per heavy atom. The van der Waals surface area contributed by atoms with Crippen LogP contribution in [0.1, 0.15) is 25.7 Å². The highest BCUT2D eigenvalue weighted by Gasteiger charge is 2.35. The van der Waals surface area contributed by atoms with Crippen LogP contribution in [0.2, 0.25) is 0 Å². The fraction of sp³-hybridized carbons (Fsp3) is 0.857. The second-order valence-corrected chi connectivity index (χ2v) is 2.85. The Kier molecular flexibility index (Phi) is 2.02. The second-order valence-electron chi connectivity index (χ2n) is 2.85. The molecule has 10 heavy (non-hydrogen) atoms. The van der Waals surface area contributed by atoms with Crippen LogP contribution in [0.3, 0.4) is 0 Å². The molecule has 0 aliphatic heterocycles. The molecule has 1 aliphatic carbocycles. The lowest BCUT2D eigenvalue weighted by molar-refractivity contribution is -0.118. The SMILES string of the molecule is O=CC1CCCC(F)(F)C1. The van der Waals surface area contributed by atoms with Crippen molar-refractivity contribution in [2.24, 2.45) is 5.92 Å². The van der Waals surface area contributed by atoms with Gasteiger partial charge in [0.1, 0.15) is 6.29 Å². The maximum Gasteiger partial charge on any atom is 0.248 e. The van der Waals surface area contributed by atoms with Gasteiger partial charge in [0.2, 0.25) is 5.92 Å². The van der Waals surface area contributed by atoms with Crippen molar-refractivity contribution >= 4 is 6.29 Å². The predicted octanol–water partition coefficient (Wildman–Crippen LogP) is 2.01. The minimum absolute atomic E-state index is 0.0443. The van der Waals surface area contributed by atoms with Gasteiger partial charge in [-0.2, -0.15) is 0 Å². The van der Waals surface area contributed by atoms with Crippen LogP contribution in [0.25, 0.3) is 0 Å². The summed E-state index contributed by atoms with van der Waals surface area (Å²) in [7, 11) is 0. The fourth-order valence-electron chi connectivity index (χ4n) is 1.33. The van der Waals surface area contributed by atoms with E-state index in [9.17, 15) is 13.6 Å². The maximum absolute atomic E-state index is 12.5. The fourth-order valence-corrected chi connectivity index (χ4v) is 1.33. The van der Waals surface area contributed by atoms with E-state index >= 15 is 0 Å². The zero-order chi connectivity index (χ0) is 7.61. The van der Waals surface area contributed by atoms with Crippen LogP contribution in [0.15, 0.2) is 0 Å². The minimum Gasteiger partial charge on any atom is -0.303 e. The van der Waals surface area contributed by atoms with Gasteiger partial charge in [-0.25, -0.2) is 8.78 Å². The molecule has 0 bridgehead atoms. The summed E-state index contributed by atoms with van der Waals surface area (Å²) in [5.41, 5.74) is 0. The molecular weight excluding hydrogens is 138 g/mol. The van der Waals surface area contributed by atoms with Crippen molar-refractivity contribution < 1.29 is 13.6 Å². The molecule has 1 rings (SSSR count). The van der Waals surface area contributed by atoms with E-state index in [0.29, 0.717) is 19.1 Å². The highest BCUT2D eigenvalue weighted by Crippen LogP contribution is 2.35. The van der Waals surface area contributed by atoms with Crippen molar-refractivity contribution in [2.75, 3.05) is 0 Å². The first kappa shape index (κ1) is 7.63. The summed E-state index contributed by atoms with van der Waals surface area (Å²) < 4.78 is 25.0. The Bertz CT molecular complexity index is 134. The number of hydrogen-bond donors (Lipinski definition) is 0. The molecule has 58 valence electrons. The monoisotopic (exact) mass is 148 g/mol. The smallest absolute Gasteiger partial charge is 0.248 e. The molecule has 0 aromatic heterocycles. The van der Waals surface area contributed by atoms with E-state index < -0.39 is 11.8 Å². The van der Waals surface area contributed by atoms with Crippen LogP contribution in [0.5, 0.6) is 0 Å². The van der Waals surface area contributed by atoms with Gasteiger partial charge < -0.3 is 4.79 Å². The van der Waals surface area contributed by atoms with E-state index in [4.69, 9.17) is 0 Å². The van der Waals surface area contributed by atoms with Gasteiger partial charge in [0.05, 0.1) is 0 Å². The van der Waals surface area contributed by atoms with Gasteiger partial charge in [-0.05, 0) is 12.8 Å². The summed E-state index contributed by atoms with van der Waals surface area (Å²) >= 11 is 0. The normalized spacial score (nSPS) is 31.6. The van der Waals surface area contributed by atoms with E-state index in [1.54, 1.807) is 0 Å². The van der Waals surface area contributed by atoms with Crippen molar-refractivity contribution in [3.63, 3.8) is 0 Å². The highest BCUT2D eigenvalue weighted by molar-refractivity contribution is 5.53. The number of hydrogen-bond acceptors (Lipinski definition) is 1. The Hall–Kier alpha value is -0.470. The van der Waals surface area contributed by atoms with Gasteiger partial charge in [0.25, 0.3) is 0 Å². The van der Waals surface area contributed by atoms with Crippen molar-refractivity contribution in [3.8, 4) is 0 Å². The van der Waals surface area contributed by atoms with Crippen molar-refractivity contribution in [1.82, 2.24) is 0 Å². The van der Waals surface area contributed by atoms with Gasteiger partial charge >= 0.3 is 0 Å². The molecule has 0 amide bonds. The molecular formula is C7H10F2O. The molecule has 1 fully saturated rings. The van der Waals surface area contributed by atoms with Gasteiger partial charge in [-0.15, -0.1) is 0 Å². The molecule has 3 heteroatoms. The third kappa shape index (κ3) is 1.75. The van der Waals surface area contributed by atoms with Gasteiger partial charge in [0.15, 0.2) is 0 Å². The lowest BCUT2D eigenvalue weighted by Gasteiger charge is -2.24. The number of rotatable bonds is 1. The van der Waals surface area contributed by atoms with Gasteiger partial charge in [0, 0.05) is 18.8 Å². The van der Waals surface area contributed by atoms with Crippen LogP contribution in [-0.4, -0.2) is 12.2 Å². The quantitative estimate of drug-likeness (QED) is 0.520. The number of aldehydes is 1. The molecule has 0 aromatic rings. The van der Waals surface area contributed by atoms with Crippen molar-refractivity contribution in [1.29, 1.82) is 0 Å². The Morgan fingerprint density at radius 3 is 2.60 bits per heavy atom. The molecule has 1 atom stereocenters. The average molecular weight is 148 g/mol. The first-order chi connectivity index (χ1) is 4.64. The van der Waals surface area contributed by atoms with E-state index in [2.05, 4.69) is 0 Å². The van der Waals surface area contributed by atoms with Crippen LogP contribution in [0.4, 0.5) is 8.78 Å². The third-order valence-electron chi connectivity index (χ3n) is 1.87. The maximum atomic E-state index is 12.5. The van der Waals surface area contributed by atoms with Crippen molar-refractivity contribution in [3.05, 3.63) is 0 Å². The van der Waals surface area contributed by atoms with Crippen LogP contribution < -0.4 is 0 Å². The number of alkyl halides is 2. The molecule has 0 spiro atoms. The summed E-state index contributed by atoms with van der Waals surface area (Å²) in [4.78, 5) is 10.1. The number of carbonyl (C=O) groups excluding carboxylic acids is 1.